The van der Waals surface area contributed by atoms with Crippen molar-refractivity contribution < 1.29 is 28.2 Å². The molecular formula is C24H42N4O6Si. The van der Waals surface area contributed by atoms with Gasteiger partial charge in [0.1, 0.15) is 23.5 Å². The van der Waals surface area contributed by atoms with Gasteiger partial charge in [-0.25, -0.2) is 4.79 Å². The summed E-state index contributed by atoms with van der Waals surface area (Å²) in [7, 11) is -2.15. The van der Waals surface area contributed by atoms with E-state index in [0.29, 0.717) is 5.56 Å². The fourth-order valence-electron chi connectivity index (χ4n) is 4.36. The molecule has 0 aromatic carbocycles. The highest BCUT2D eigenvalue weighted by Crippen LogP contribution is 2.49. The van der Waals surface area contributed by atoms with Gasteiger partial charge in [-0.3, -0.25) is 9.69 Å². The molecule has 198 valence electrons. The second-order valence-corrected chi connectivity index (χ2v) is 17.2. The Kier molecular flexibility index (Phi) is 6.91. The second-order valence-electron chi connectivity index (χ2n) is 12.4. The highest BCUT2D eigenvalue weighted by Gasteiger charge is 2.61. The number of nitrogen functional groups attached to an aromatic ring is 1. The molecule has 4 atom stereocenters. The van der Waals surface area contributed by atoms with E-state index >= 15 is 0 Å². The first-order valence-corrected chi connectivity index (χ1v) is 14.9. The average Bonchev–Trinajstić information content (AvgIpc) is 3.26. The molecule has 0 radical (unpaired) electrons. The standard InChI is InChI=1S/C24H42N4O6Si/c1-22(2,3)34-21(30)28-14(12-31-35(9,10)23(4,5)6)18-19(33-24(7,8)32-18)17(28)13-11-27-16(15(13)25)20(26)29/h11,14,17-19,27H,12,25H2,1-10H3,(H2,26,29)/t14-,17+,18-,19+/m1/s1. The van der Waals surface area contributed by atoms with E-state index in [-0.39, 0.29) is 23.0 Å². The minimum absolute atomic E-state index is 0.0189. The van der Waals surface area contributed by atoms with Gasteiger partial charge in [0.15, 0.2) is 14.1 Å². The summed E-state index contributed by atoms with van der Waals surface area (Å²) < 4.78 is 25.0. The van der Waals surface area contributed by atoms with Crippen molar-refractivity contribution in [1.82, 2.24) is 9.88 Å². The van der Waals surface area contributed by atoms with Crippen molar-refractivity contribution in [2.75, 3.05) is 12.3 Å². The van der Waals surface area contributed by atoms with Crippen molar-refractivity contribution in [3.8, 4) is 0 Å². The van der Waals surface area contributed by atoms with E-state index < -0.39 is 56.0 Å². The van der Waals surface area contributed by atoms with Gasteiger partial charge in [-0.05, 0) is 52.8 Å². The number of hydrogen-bond acceptors (Lipinski definition) is 7. The number of primary amides is 1. The smallest absolute Gasteiger partial charge is 0.411 e. The van der Waals surface area contributed by atoms with Crippen LogP contribution in [0.2, 0.25) is 18.1 Å². The molecule has 0 unspecified atom stereocenters. The van der Waals surface area contributed by atoms with Gasteiger partial charge in [0.05, 0.1) is 24.4 Å². The molecule has 1 aromatic rings. The summed E-state index contributed by atoms with van der Waals surface area (Å²) in [4.78, 5) is 30.0. The number of rotatable bonds is 5. The van der Waals surface area contributed by atoms with Crippen LogP contribution >= 0.6 is 0 Å². The summed E-state index contributed by atoms with van der Waals surface area (Å²) in [6, 6.07) is -1.17. The average molecular weight is 511 g/mol. The molecule has 10 nitrogen and oxygen atoms in total. The molecule has 2 fully saturated rings. The Balaban J connectivity index is 2.09. The lowest BCUT2D eigenvalue weighted by Crippen LogP contribution is -2.50. The first kappa shape index (κ1) is 27.5. The third kappa shape index (κ3) is 5.37. The van der Waals surface area contributed by atoms with Crippen molar-refractivity contribution in [3.05, 3.63) is 17.5 Å². The molecule has 5 N–H and O–H groups in total. The van der Waals surface area contributed by atoms with Gasteiger partial charge in [0.2, 0.25) is 0 Å². The molecular weight excluding hydrogens is 468 g/mol. The van der Waals surface area contributed by atoms with Gasteiger partial charge in [0, 0.05) is 11.8 Å². The number of hydrogen-bond donors (Lipinski definition) is 3. The molecule has 0 spiro atoms. The van der Waals surface area contributed by atoms with Crippen molar-refractivity contribution in [1.29, 1.82) is 0 Å². The summed E-state index contributed by atoms with van der Waals surface area (Å²) in [5.41, 5.74) is 11.9. The van der Waals surface area contributed by atoms with Crippen LogP contribution in [0.25, 0.3) is 0 Å². The molecule has 11 heteroatoms. The van der Waals surface area contributed by atoms with Crippen molar-refractivity contribution in [2.45, 2.75) is 109 Å². The number of likely N-dealkylation sites (tertiary alicyclic amines) is 1. The summed E-state index contributed by atoms with van der Waals surface area (Å²) in [5.74, 6) is -1.56. The molecule has 2 aliphatic heterocycles. The largest absolute Gasteiger partial charge is 0.444 e. The predicted octanol–water partition coefficient (Wildman–Crippen LogP) is 3.90. The van der Waals surface area contributed by atoms with Crippen LogP contribution in [0.3, 0.4) is 0 Å². The van der Waals surface area contributed by atoms with Gasteiger partial charge in [-0.2, -0.15) is 0 Å². The number of carbonyl (C=O) groups excluding carboxylic acids is 2. The SMILES string of the molecule is CC(C)(C)OC(=O)N1[C@H](CO[Si](C)(C)C(C)(C)C)[C@H]2OC(C)(C)O[C@H]2[C@@H]1c1c[nH]c(C(N)=O)c1N. The quantitative estimate of drug-likeness (QED) is 0.510. The topological polar surface area (TPSA) is 142 Å². The zero-order valence-electron chi connectivity index (χ0n) is 22.6. The monoisotopic (exact) mass is 510 g/mol. The Bertz CT molecular complexity index is 978. The van der Waals surface area contributed by atoms with Crippen LogP contribution in [0.1, 0.15) is 77.5 Å². The third-order valence-electron chi connectivity index (χ3n) is 7.05. The number of aromatic amines is 1. The lowest BCUT2D eigenvalue weighted by atomic mass is 10.0. The maximum absolute atomic E-state index is 13.6. The van der Waals surface area contributed by atoms with Gasteiger partial charge in [-0.1, -0.05) is 20.8 Å². The number of nitrogens with zero attached hydrogens (tertiary/aromatic N) is 1. The van der Waals surface area contributed by atoms with E-state index in [1.54, 1.807) is 11.1 Å². The van der Waals surface area contributed by atoms with Crippen LogP contribution in [0, 0.1) is 0 Å². The van der Waals surface area contributed by atoms with Gasteiger partial charge >= 0.3 is 6.09 Å². The zero-order chi connectivity index (χ0) is 26.7. The van der Waals surface area contributed by atoms with Crippen LogP contribution in [0.15, 0.2) is 6.20 Å². The van der Waals surface area contributed by atoms with E-state index in [0.717, 1.165) is 0 Å². The third-order valence-corrected chi connectivity index (χ3v) is 11.6. The fourth-order valence-corrected chi connectivity index (χ4v) is 5.38. The highest BCUT2D eigenvalue weighted by atomic mass is 28.4. The Morgan fingerprint density at radius 3 is 2.20 bits per heavy atom. The predicted molar refractivity (Wildman–Crippen MR) is 135 cm³/mol. The molecule has 0 saturated carbocycles. The Hall–Kier alpha value is -2.08. The maximum atomic E-state index is 13.6. The van der Waals surface area contributed by atoms with Gasteiger partial charge in [-0.15, -0.1) is 0 Å². The summed E-state index contributed by atoms with van der Waals surface area (Å²) >= 11 is 0. The zero-order valence-corrected chi connectivity index (χ0v) is 23.6. The van der Waals surface area contributed by atoms with Crippen LogP contribution in [-0.4, -0.2) is 66.4 Å². The van der Waals surface area contributed by atoms with Crippen molar-refractivity contribution in [3.63, 3.8) is 0 Å². The summed E-state index contributed by atoms with van der Waals surface area (Å²) in [6.45, 7) is 20.2. The fraction of sp³-hybridized carbons (Fsp3) is 0.750. The normalized spacial score (nSPS) is 26.6. The molecule has 3 heterocycles. The Morgan fingerprint density at radius 2 is 1.71 bits per heavy atom. The molecule has 2 saturated heterocycles. The number of H-pyrrole nitrogens is 1. The van der Waals surface area contributed by atoms with Crippen LogP contribution in [0.5, 0.6) is 0 Å². The van der Waals surface area contributed by atoms with E-state index in [9.17, 15) is 9.59 Å². The minimum Gasteiger partial charge on any atom is -0.444 e. The number of carbonyl (C=O) groups is 2. The number of fused-ring (bicyclic) bond motifs is 1. The van der Waals surface area contributed by atoms with Crippen LogP contribution < -0.4 is 11.5 Å². The molecule has 2 aliphatic rings. The molecule has 0 aliphatic carbocycles. The number of amides is 2. The molecule has 3 rings (SSSR count). The lowest BCUT2D eigenvalue weighted by molar-refractivity contribution is -0.168. The number of aromatic nitrogens is 1. The number of anilines is 1. The number of nitrogens with two attached hydrogens (primary N) is 2. The van der Waals surface area contributed by atoms with Crippen molar-refractivity contribution in [2.24, 2.45) is 5.73 Å². The van der Waals surface area contributed by atoms with E-state index in [1.165, 1.54) is 0 Å². The highest BCUT2D eigenvalue weighted by molar-refractivity contribution is 6.74. The molecule has 0 bridgehead atoms. The first-order valence-electron chi connectivity index (χ1n) is 12.0. The molecule has 2 amide bonds. The van der Waals surface area contributed by atoms with Crippen LogP contribution in [0.4, 0.5) is 10.5 Å². The lowest BCUT2D eigenvalue weighted by Gasteiger charge is -2.40. The minimum atomic E-state index is -2.15. The Labute approximate surface area is 209 Å². The number of nitrogens with one attached hydrogen (secondary N) is 1. The first-order chi connectivity index (χ1) is 15.8. The maximum Gasteiger partial charge on any atom is 0.411 e. The van der Waals surface area contributed by atoms with E-state index in [2.05, 4.69) is 38.8 Å². The Morgan fingerprint density at radius 1 is 1.14 bits per heavy atom. The molecule has 35 heavy (non-hydrogen) atoms. The van der Waals surface area contributed by atoms with Gasteiger partial charge < -0.3 is 35.1 Å². The van der Waals surface area contributed by atoms with Gasteiger partial charge in [0.25, 0.3) is 5.91 Å². The van der Waals surface area contributed by atoms with Crippen molar-refractivity contribution >= 4 is 26.0 Å². The second kappa shape index (κ2) is 8.79. The van der Waals surface area contributed by atoms with Crippen LogP contribution in [-0.2, 0) is 18.6 Å². The van der Waals surface area contributed by atoms with E-state index in [4.69, 9.17) is 30.1 Å². The number of ether oxygens (including phenoxy) is 3. The van der Waals surface area contributed by atoms with E-state index in [1.807, 2.05) is 34.6 Å². The summed E-state index contributed by atoms with van der Waals surface area (Å²) in [6.07, 6.45) is 0.0234. The summed E-state index contributed by atoms with van der Waals surface area (Å²) in [5, 5.41) is -0.0189. The molecule has 1 aromatic heterocycles.